The molecule has 2 aromatic rings. The van der Waals surface area contributed by atoms with Crippen molar-refractivity contribution in [3.63, 3.8) is 0 Å². The number of nitro benzene ring substituents is 1. The molecule has 1 aromatic carbocycles. The zero-order valence-electron chi connectivity index (χ0n) is 15.9. The van der Waals surface area contributed by atoms with E-state index in [-0.39, 0.29) is 11.2 Å². The van der Waals surface area contributed by atoms with Crippen LogP contribution in [0.3, 0.4) is 0 Å². The Kier molecular flexibility index (Phi) is 5.67. The van der Waals surface area contributed by atoms with Crippen LogP contribution in [-0.4, -0.2) is 59.2 Å². The highest BCUT2D eigenvalue weighted by molar-refractivity contribution is 5.59. The molecule has 1 aliphatic heterocycles. The second-order valence-electron chi connectivity index (χ2n) is 7.11. The number of aryl methyl sites for hydroxylation is 1. The lowest BCUT2D eigenvalue weighted by atomic mass is 9.88. The number of ether oxygens (including phenoxy) is 1. The molecule has 144 valence electrons. The van der Waals surface area contributed by atoms with Crippen LogP contribution in [0.15, 0.2) is 30.3 Å². The Bertz CT molecular complexity index is 801. The van der Waals surface area contributed by atoms with Gasteiger partial charge in [-0.15, -0.1) is 0 Å². The summed E-state index contributed by atoms with van der Waals surface area (Å²) >= 11 is 0. The van der Waals surface area contributed by atoms with E-state index in [9.17, 15) is 10.1 Å². The van der Waals surface area contributed by atoms with Gasteiger partial charge in [-0.05, 0) is 46.0 Å². The number of nitrogens with one attached hydrogen (secondary N) is 1. The zero-order valence-corrected chi connectivity index (χ0v) is 15.9. The zero-order chi connectivity index (χ0) is 19.4. The number of non-ortho nitro benzene ring substituents is 1. The van der Waals surface area contributed by atoms with Gasteiger partial charge in [-0.3, -0.25) is 10.1 Å². The molecule has 0 atom stereocenters. The maximum atomic E-state index is 10.8. The minimum absolute atomic E-state index is 0.0324. The number of likely N-dealkylation sites (N-methyl/N-ethyl adjacent to an activating group) is 1. The van der Waals surface area contributed by atoms with Crippen LogP contribution in [0.1, 0.15) is 18.5 Å². The lowest BCUT2D eigenvalue weighted by molar-refractivity contribution is -0.384. The van der Waals surface area contributed by atoms with E-state index in [2.05, 4.69) is 34.3 Å². The number of rotatable bonds is 6. The lowest BCUT2D eigenvalue weighted by Crippen LogP contribution is -2.53. The summed E-state index contributed by atoms with van der Waals surface area (Å²) in [4.78, 5) is 21.8. The van der Waals surface area contributed by atoms with Crippen molar-refractivity contribution >= 4 is 11.5 Å². The van der Waals surface area contributed by atoms with Gasteiger partial charge in [0, 0.05) is 54.8 Å². The second kappa shape index (κ2) is 7.98. The third kappa shape index (κ3) is 4.40. The highest BCUT2D eigenvalue weighted by Crippen LogP contribution is 2.27. The van der Waals surface area contributed by atoms with E-state index in [0.717, 1.165) is 49.7 Å². The van der Waals surface area contributed by atoms with Crippen molar-refractivity contribution in [2.24, 2.45) is 0 Å². The first-order chi connectivity index (χ1) is 12.9. The third-order valence-electron chi connectivity index (χ3n) is 5.16. The summed E-state index contributed by atoms with van der Waals surface area (Å²) in [6.45, 7) is 4.20. The molecule has 1 saturated heterocycles. The molecule has 0 bridgehead atoms. The van der Waals surface area contributed by atoms with Crippen LogP contribution in [0.25, 0.3) is 11.4 Å². The first-order valence-corrected chi connectivity index (χ1v) is 8.99. The molecule has 0 amide bonds. The summed E-state index contributed by atoms with van der Waals surface area (Å²) in [5.41, 5.74) is 1.68. The second-order valence-corrected chi connectivity index (χ2v) is 7.11. The fraction of sp³-hybridized carbons (Fsp3) is 0.474. The Labute approximate surface area is 158 Å². The third-order valence-corrected chi connectivity index (χ3v) is 5.16. The predicted octanol–water partition coefficient (Wildman–Crippen LogP) is 2.88. The van der Waals surface area contributed by atoms with Crippen molar-refractivity contribution in [1.82, 2.24) is 14.9 Å². The minimum Gasteiger partial charge on any atom is -0.381 e. The molecule has 1 aliphatic rings. The van der Waals surface area contributed by atoms with Gasteiger partial charge in [0.25, 0.3) is 5.69 Å². The molecule has 0 spiro atoms. The van der Waals surface area contributed by atoms with E-state index in [1.165, 1.54) is 12.1 Å². The summed E-state index contributed by atoms with van der Waals surface area (Å²) in [7, 11) is 4.20. The number of aromatic nitrogens is 2. The molecule has 1 fully saturated rings. The Hall–Kier alpha value is -2.58. The molecule has 1 N–H and O–H groups in total. The summed E-state index contributed by atoms with van der Waals surface area (Å²) in [5.74, 6) is 1.31. The fourth-order valence-corrected chi connectivity index (χ4v) is 3.31. The topological polar surface area (TPSA) is 93.4 Å². The molecule has 3 rings (SSSR count). The van der Waals surface area contributed by atoms with E-state index in [1.54, 1.807) is 12.1 Å². The summed E-state index contributed by atoms with van der Waals surface area (Å²) in [6.07, 6.45) is 1.93. The van der Waals surface area contributed by atoms with Gasteiger partial charge in [-0.2, -0.15) is 0 Å². The monoisotopic (exact) mass is 371 g/mol. The van der Waals surface area contributed by atoms with E-state index < -0.39 is 4.92 Å². The van der Waals surface area contributed by atoms with E-state index in [0.29, 0.717) is 5.82 Å². The Balaban J connectivity index is 1.79. The average Bonchev–Trinajstić information content (AvgIpc) is 2.66. The van der Waals surface area contributed by atoms with Gasteiger partial charge in [0.2, 0.25) is 0 Å². The van der Waals surface area contributed by atoms with Gasteiger partial charge < -0.3 is 15.0 Å². The molecule has 0 radical (unpaired) electrons. The quantitative estimate of drug-likeness (QED) is 0.616. The highest BCUT2D eigenvalue weighted by Gasteiger charge is 2.34. The van der Waals surface area contributed by atoms with Crippen LogP contribution in [0.4, 0.5) is 11.5 Å². The Morgan fingerprint density at radius 1 is 1.22 bits per heavy atom. The first kappa shape index (κ1) is 19.2. The summed E-state index contributed by atoms with van der Waals surface area (Å²) < 4.78 is 5.52. The van der Waals surface area contributed by atoms with Gasteiger partial charge in [0.05, 0.1) is 4.92 Å². The summed E-state index contributed by atoms with van der Waals surface area (Å²) in [5, 5.41) is 14.3. The van der Waals surface area contributed by atoms with Crippen molar-refractivity contribution in [3.05, 3.63) is 46.1 Å². The van der Waals surface area contributed by atoms with Crippen molar-refractivity contribution < 1.29 is 9.66 Å². The number of nitrogens with zero attached hydrogens (tertiary/aromatic N) is 4. The molecule has 0 aliphatic carbocycles. The normalized spacial score (nSPS) is 16.3. The summed E-state index contributed by atoms with van der Waals surface area (Å²) in [6, 6.07) is 8.21. The molecule has 0 saturated carbocycles. The van der Waals surface area contributed by atoms with Crippen molar-refractivity contribution in [1.29, 1.82) is 0 Å². The van der Waals surface area contributed by atoms with E-state index >= 15 is 0 Å². The fourth-order valence-electron chi connectivity index (χ4n) is 3.31. The molecule has 2 heterocycles. The highest BCUT2D eigenvalue weighted by atomic mass is 16.6. The number of hydrogen-bond acceptors (Lipinski definition) is 7. The largest absolute Gasteiger partial charge is 0.381 e. The molecule has 27 heavy (non-hydrogen) atoms. The first-order valence-electron chi connectivity index (χ1n) is 8.99. The maximum absolute atomic E-state index is 10.8. The van der Waals surface area contributed by atoms with Crippen molar-refractivity contribution in [3.8, 4) is 11.4 Å². The smallest absolute Gasteiger partial charge is 0.269 e. The molecule has 8 heteroatoms. The van der Waals surface area contributed by atoms with E-state index in [1.807, 2.05) is 13.0 Å². The molecule has 1 aromatic heterocycles. The molecule has 0 unspecified atom stereocenters. The van der Waals surface area contributed by atoms with Gasteiger partial charge in [-0.1, -0.05) is 0 Å². The lowest BCUT2D eigenvalue weighted by Gasteiger charge is -2.43. The number of benzene rings is 1. The SMILES string of the molecule is Cc1cc(NCC2(N(C)C)CCOCC2)nc(-c2ccc([N+](=O)[O-])cc2)n1. The van der Waals surface area contributed by atoms with Crippen LogP contribution in [0.2, 0.25) is 0 Å². The van der Waals surface area contributed by atoms with Crippen LogP contribution >= 0.6 is 0 Å². The van der Waals surface area contributed by atoms with E-state index in [4.69, 9.17) is 4.74 Å². The van der Waals surface area contributed by atoms with Gasteiger partial charge in [-0.25, -0.2) is 9.97 Å². The van der Waals surface area contributed by atoms with Gasteiger partial charge in [0.1, 0.15) is 5.82 Å². The van der Waals surface area contributed by atoms with Crippen LogP contribution in [0, 0.1) is 17.0 Å². The molecular weight excluding hydrogens is 346 g/mol. The number of anilines is 1. The standard InChI is InChI=1S/C19H25N5O3/c1-14-12-17(20-13-19(23(2)3)8-10-27-11-9-19)22-18(21-14)15-4-6-16(7-5-15)24(25)26/h4-7,12H,8-11,13H2,1-3H3,(H,20,21,22). The van der Waals surface area contributed by atoms with Crippen molar-refractivity contribution in [2.45, 2.75) is 25.3 Å². The van der Waals surface area contributed by atoms with Gasteiger partial charge >= 0.3 is 0 Å². The van der Waals surface area contributed by atoms with Crippen LogP contribution < -0.4 is 5.32 Å². The van der Waals surface area contributed by atoms with Crippen LogP contribution in [0.5, 0.6) is 0 Å². The maximum Gasteiger partial charge on any atom is 0.269 e. The van der Waals surface area contributed by atoms with Crippen molar-refractivity contribution in [2.75, 3.05) is 39.2 Å². The minimum atomic E-state index is -0.414. The average molecular weight is 371 g/mol. The molecular formula is C19H25N5O3. The molecule has 8 nitrogen and oxygen atoms in total. The Morgan fingerprint density at radius 3 is 2.48 bits per heavy atom. The van der Waals surface area contributed by atoms with Gasteiger partial charge in [0.15, 0.2) is 5.82 Å². The number of hydrogen-bond donors (Lipinski definition) is 1. The number of nitro groups is 1. The Morgan fingerprint density at radius 2 is 1.89 bits per heavy atom. The predicted molar refractivity (Wildman–Crippen MR) is 104 cm³/mol. The van der Waals surface area contributed by atoms with Crippen LogP contribution in [-0.2, 0) is 4.74 Å².